The average molecular weight is 502 g/mol. The van der Waals surface area contributed by atoms with Gasteiger partial charge in [0.15, 0.2) is 5.78 Å². The number of aromatic nitrogens is 2. The molecule has 190 valence electrons. The summed E-state index contributed by atoms with van der Waals surface area (Å²) in [6.45, 7) is 1.85. The predicted octanol–water partition coefficient (Wildman–Crippen LogP) is 6.70. The lowest BCUT2D eigenvalue weighted by Crippen LogP contribution is -2.29. The lowest BCUT2D eigenvalue weighted by atomic mass is 10.1. The van der Waals surface area contributed by atoms with Crippen LogP contribution in [0, 0.1) is 0 Å². The lowest BCUT2D eigenvalue weighted by molar-refractivity contribution is 0.104. The molecule has 1 aliphatic rings. The Hall–Kier alpha value is -3.62. The van der Waals surface area contributed by atoms with Crippen LogP contribution in [-0.2, 0) is 6.54 Å². The van der Waals surface area contributed by atoms with Crippen molar-refractivity contribution in [1.29, 1.82) is 0 Å². The Morgan fingerprint density at radius 3 is 2.36 bits per heavy atom. The standard InChI is InChI=1S/C27H27F4N3O2/c1-36-25-12-6-18(15-20(25)17-34-23(27(30)31)16-22(32-34)26(28)29)5-11-24(35)19-7-9-21(10-8-19)33-13-3-2-4-14-33/h5-12,15-16,26-27H,2-4,13-14,17H2,1H3/b11-5+. The Bertz CT molecular complexity index is 1220. The van der Waals surface area contributed by atoms with E-state index >= 15 is 0 Å². The second-order valence-electron chi connectivity index (χ2n) is 8.62. The van der Waals surface area contributed by atoms with Crippen LogP contribution in [0.1, 0.15) is 65.0 Å². The van der Waals surface area contributed by atoms with Crippen molar-refractivity contribution in [2.24, 2.45) is 0 Å². The predicted molar refractivity (Wildman–Crippen MR) is 130 cm³/mol. The molecular formula is C27H27F4N3O2. The smallest absolute Gasteiger partial charge is 0.282 e. The first-order chi connectivity index (χ1) is 17.4. The summed E-state index contributed by atoms with van der Waals surface area (Å²) in [6, 6.07) is 13.2. The van der Waals surface area contributed by atoms with Gasteiger partial charge in [0.1, 0.15) is 17.1 Å². The summed E-state index contributed by atoms with van der Waals surface area (Å²) in [5.41, 5.74) is 1.44. The molecule has 0 aliphatic carbocycles. The Balaban J connectivity index is 1.51. The minimum atomic E-state index is -2.96. The highest BCUT2D eigenvalue weighted by molar-refractivity contribution is 6.07. The molecule has 1 aliphatic heterocycles. The molecule has 9 heteroatoms. The van der Waals surface area contributed by atoms with E-state index in [0.29, 0.717) is 28.5 Å². The van der Waals surface area contributed by atoms with E-state index in [2.05, 4.69) is 10.00 Å². The SMILES string of the molecule is COc1ccc(/C=C/C(=O)c2ccc(N3CCCCC3)cc2)cc1Cn1nc(C(F)F)cc1C(F)F. The number of halogens is 4. The molecule has 1 fully saturated rings. The highest BCUT2D eigenvalue weighted by Gasteiger charge is 2.22. The maximum atomic E-state index is 13.4. The van der Waals surface area contributed by atoms with E-state index in [9.17, 15) is 22.4 Å². The van der Waals surface area contributed by atoms with Gasteiger partial charge in [-0.25, -0.2) is 17.6 Å². The number of anilines is 1. The number of hydrogen-bond acceptors (Lipinski definition) is 4. The van der Waals surface area contributed by atoms with E-state index < -0.39 is 24.2 Å². The number of rotatable bonds is 9. The first-order valence-electron chi connectivity index (χ1n) is 11.7. The van der Waals surface area contributed by atoms with Crippen LogP contribution < -0.4 is 9.64 Å². The summed E-state index contributed by atoms with van der Waals surface area (Å²) in [7, 11) is 1.42. The van der Waals surface area contributed by atoms with E-state index in [-0.39, 0.29) is 12.3 Å². The average Bonchev–Trinajstić information content (AvgIpc) is 3.32. The van der Waals surface area contributed by atoms with Gasteiger partial charge in [-0.3, -0.25) is 9.48 Å². The van der Waals surface area contributed by atoms with Crippen molar-refractivity contribution in [3.05, 3.63) is 82.7 Å². The van der Waals surface area contributed by atoms with Crippen LogP contribution in [0.3, 0.4) is 0 Å². The Labute approximate surface area is 207 Å². The number of ether oxygens (including phenoxy) is 1. The minimum absolute atomic E-state index is 0.175. The molecule has 0 radical (unpaired) electrons. The molecule has 1 saturated heterocycles. The zero-order chi connectivity index (χ0) is 25.7. The molecule has 3 aromatic rings. The van der Waals surface area contributed by atoms with E-state index in [1.54, 1.807) is 36.4 Å². The fourth-order valence-electron chi connectivity index (χ4n) is 4.30. The van der Waals surface area contributed by atoms with Crippen LogP contribution in [0.5, 0.6) is 5.75 Å². The van der Waals surface area contributed by atoms with Crippen LogP contribution in [0.4, 0.5) is 23.2 Å². The van der Waals surface area contributed by atoms with Crippen LogP contribution >= 0.6 is 0 Å². The van der Waals surface area contributed by atoms with Crippen molar-refractivity contribution in [3.8, 4) is 5.75 Å². The third kappa shape index (κ3) is 5.95. The topological polar surface area (TPSA) is 47.4 Å². The molecule has 0 N–H and O–H groups in total. The van der Waals surface area contributed by atoms with Gasteiger partial charge in [-0.15, -0.1) is 0 Å². The second-order valence-corrected chi connectivity index (χ2v) is 8.62. The molecule has 36 heavy (non-hydrogen) atoms. The number of carbonyl (C=O) groups excluding carboxylic acids is 1. The third-order valence-corrected chi connectivity index (χ3v) is 6.20. The van der Waals surface area contributed by atoms with Gasteiger partial charge >= 0.3 is 0 Å². The van der Waals surface area contributed by atoms with Crippen LogP contribution in [0.25, 0.3) is 6.08 Å². The number of methoxy groups -OCH3 is 1. The van der Waals surface area contributed by atoms with Gasteiger partial charge in [-0.05, 0) is 73.4 Å². The third-order valence-electron chi connectivity index (χ3n) is 6.20. The second kappa shape index (κ2) is 11.4. The molecule has 0 amide bonds. The quantitative estimate of drug-likeness (QED) is 0.186. The Morgan fingerprint density at radius 1 is 1.00 bits per heavy atom. The number of carbonyl (C=O) groups is 1. The monoisotopic (exact) mass is 501 g/mol. The Morgan fingerprint density at radius 2 is 1.72 bits per heavy atom. The maximum Gasteiger partial charge on any atom is 0.282 e. The van der Waals surface area contributed by atoms with Crippen LogP contribution in [-0.4, -0.2) is 35.8 Å². The van der Waals surface area contributed by atoms with Crippen molar-refractivity contribution in [1.82, 2.24) is 9.78 Å². The van der Waals surface area contributed by atoms with E-state index in [1.165, 1.54) is 32.4 Å². The molecule has 2 heterocycles. The lowest BCUT2D eigenvalue weighted by Gasteiger charge is -2.28. The minimum Gasteiger partial charge on any atom is -0.496 e. The fourth-order valence-corrected chi connectivity index (χ4v) is 4.30. The number of allylic oxidation sites excluding steroid dienone is 1. The van der Waals surface area contributed by atoms with E-state index in [4.69, 9.17) is 4.74 Å². The molecule has 0 spiro atoms. The van der Waals surface area contributed by atoms with Gasteiger partial charge in [-0.2, -0.15) is 5.10 Å². The first kappa shape index (κ1) is 25.5. The molecule has 2 aromatic carbocycles. The van der Waals surface area contributed by atoms with Crippen molar-refractivity contribution in [2.75, 3.05) is 25.1 Å². The number of benzene rings is 2. The molecular weight excluding hydrogens is 474 g/mol. The number of alkyl halides is 4. The van der Waals surface area contributed by atoms with Gasteiger partial charge in [0, 0.05) is 29.9 Å². The van der Waals surface area contributed by atoms with Gasteiger partial charge in [0.05, 0.1) is 13.7 Å². The summed E-state index contributed by atoms with van der Waals surface area (Å²) in [5, 5.41) is 3.64. The highest BCUT2D eigenvalue weighted by atomic mass is 19.3. The number of hydrogen-bond donors (Lipinski definition) is 0. The largest absolute Gasteiger partial charge is 0.496 e. The summed E-state index contributed by atoms with van der Waals surface area (Å²) >= 11 is 0. The molecule has 5 nitrogen and oxygen atoms in total. The summed E-state index contributed by atoms with van der Waals surface area (Å²) in [5.74, 6) is 0.215. The Kier molecular flexibility index (Phi) is 8.07. The number of ketones is 1. The van der Waals surface area contributed by atoms with Gasteiger partial charge in [-0.1, -0.05) is 12.1 Å². The van der Waals surface area contributed by atoms with Crippen molar-refractivity contribution < 1.29 is 27.1 Å². The summed E-state index contributed by atoms with van der Waals surface area (Å²) < 4.78 is 59.0. The van der Waals surface area contributed by atoms with Crippen molar-refractivity contribution in [3.63, 3.8) is 0 Å². The molecule has 4 rings (SSSR count). The zero-order valence-corrected chi connectivity index (χ0v) is 19.8. The number of piperidine rings is 1. The molecule has 1 aromatic heterocycles. The molecule has 0 bridgehead atoms. The van der Waals surface area contributed by atoms with Gasteiger partial charge in [0.25, 0.3) is 12.9 Å². The van der Waals surface area contributed by atoms with E-state index in [0.717, 1.165) is 23.5 Å². The normalized spacial score (nSPS) is 14.2. The van der Waals surface area contributed by atoms with Crippen LogP contribution in [0.2, 0.25) is 0 Å². The molecule has 0 saturated carbocycles. The molecule has 0 unspecified atom stereocenters. The summed E-state index contributed by atoms with van der Waals surface area (Å²) in [4.78, 5) is 15.0. The van der Waals surface area contributed by atoms with Crippen LogP contribution in [0.15, 0.2) is 54.6 Å². The van der Waals surface area contributed by atoms with Gasteiger partial charge < -0.3 is 9.64 Å². The zero-order valence-electron chi connectivity index (χ0n) is 19.8. The van der Waals surface area contributed by atoms with Crippen molar-refractivity contribution >= 4 is 17.5 Å². The van der Waals surface area contributed by atoms with Gasteiger partial charge in [0.2, 0.25) is 0 Å². The first-order valence-corrected chi connectivity index (χ1v) is 11.7. The highest BCUT2D eigenvalue weighted by Crippen LogP contribution is 2.28. The van der Waals surface area contributed by atoms with Crippen molar-refractivity contribution in [2.45, 2.75) is 38.7 Å². The summed E-state index contributed by atoms with van der Waals surface area (Å²) in [6.07, 6.45) is 0.727. The maximum absolute atomic E-state index is 13.4. The number of nitrogens with zero attached hydrogens (tertiary/aromatic N) is 3. The fraction of sp³-hybridized carbons (Fsp3) is 0.333. The van der Waals surface area contributed by atoms with E-state index in [1.807, 2.05) is 12.1 Å². The molecule has 0 atom stereocenters.